The van der Waals surface area contributed by atoms with Gasteiger partial charge in [0.25, 0.3) is 0 Å². The van der Waals surface area contributed by atoms with Crippen molar-refractivity contribution in [3.8, 4) is 0 Å². The van der Waals surface area contributed by atoms with Gasteiger partial charge < -0.3 is 20.3 Å². The number of nitrogens with zero attached hydrogens (tertiary/aromatic N) is 3. The van der Waals surface area contributed by atoms with Crippen molar-refractivity contribution in [2.45, 2.75) is 38.0 Å². The number of piperazine rings is 1. The highest BCUT2D eigenvalue weighted by Gasteiger charge is 2.68. The highest BCUT2D eigenvalue weighted by Crippen LogP contribution is 2.53. The van der Waals surface area contributed by atoms with Gasteiger partial charge in [0.15, 0.2) is 0 Å². The predicted octanol–water partition coefficient (Wildman–Crippen LogP) is -0.804. The molecule has 0 aliphatic carbocycles. The third kappa shape index (κ3) is 2.86. The van der Waals surface area contributed by atoms with E-state index in [4.69, 9.17) is 10.5 Å². The zero-order valence-electron chi connectivity index (χ0n) is 16.2. The third-order valence-corrected chi connectivity index (χ3v) is 6.26. The Labute approximate surface area is 159 Å². The fourth-order valence-corrected chi connectivity index (χ4v) is 4.91. The lowest BCUT2D eigenvalue weighted by molar-refractivity contribution is -0.146. The highest BCUT2D eigenvalue weighted by atomic mass is 16.5. The van der Waals surface area contributed by atoms with Gasteiger partial charge in [0, 0.05) is 31.7 Å². The van der Waals surface area contributed by atoms with Gasteiger partial charge in [-0.2, -0.15) is 0 Å². The number of primary amides is 1. The van der Waals surface area contributed by atoms with Crippen LogP contribution < -0.4 is 5.73 Å². The Bertz CT molecular complexity index is 707. The number of ether oxygens (including phenoxy) is 1. The number of carbonyl (C=O) groups excluding carboxylic acids is 3. The van der Waals surface area contributed by atoms with Gasteiger partial charge in [-0.1, -0.05) is 12.2 Å². The van der Waals surface area contributed by atoms with Gasteiger partial charge in [-0.15, -0.1) is 0 Å². The second-order valence-electron chi connectivity index (χ2n) is 9.06. The third-order valence-electron chi connectivity index (χ3n) is 6.26. The second kappa shape index (κ2) is 6.04. The number of hydrogen-bond acceptors (Lipinski definition) is 5. The minimum Gasteiger partial charge on any atom is -0.369 e. The summed E-state index contributed by atoms with van der Waals surface area (Å²) in [7, 11) is 0. The van der Waals surface area contributed by atoms with Crippen LogP contribution in [0.5, 0.6) is 0 Å². The minimum absolute atomic E-state index is 0.0139. The summed E-state index contributed by atoms with van der Waals surface area (Å²) in [5.41, 5.74) is 4.28. The van der Waals surface area contributed by atoms with Crippen LogP contribution in [0.2, 0.25) is 0 Å². The average Bonchev–Trinajstić information content (AvgIpc) is 3.22. The van der Waals surface area contributed by atoms with E-state index in [0.717, 1.165) is 0 Å². The molecule has 4 aliphatic rings. The highest BCUT2D eigenvalue weighted by molar-refractivity contribution is 5.93. The summed E-state index contributed by atoms with van der Waals surface area (Å²) in [4.78, 5) is 43.1. The zero-order valence-corrected chi connectivity index (χ0v) is 16.2. The quantitative estimate of drug-likeness (QED) is 0.651. The molecule has 4 aliphatic heterocycles. The standard InChI is InChI=1S/C19H28N4O4/c1-18(2,3)23-11-19-5-4-12(27-19)14(15(19)17(23)26)16(25)22-8-6-21(7-9-22)10-13(20)24/h4-5,12,14-15H,6-11H2,1-3H3,(H2,20,24)/t12-,14-,15-,19-/m0/s1. The average molecular weight is 376 g/mol. The predicted molar refractivity (Wildman–Crippen MR) is 97.4 cm³/mol. The lowest BCUT2D eigenvalue weighted by atomic mass is 9.76. The van der Waals surface area contributed by atoms with Crippen molar-refractivity contribution in [2.24, 2.45) is 17.6 Å². The number of fused-ring (bicyclic) bond motifs is 1. The van der Waals surface area contributed by atoms with Gasteiger partial charge >= 0.3 is 0 Å². The lowest BCUT2D eigenvalue weighted by Crippen LogP contribution is -2.54. The first-order valence-corrected chi connectivity index (χ1v) is 9.60. The van der Waals surface area contributed by atoms with Gasteiger partial charge in [-0.05, 0) is 20.8 Å². The fourth-order valence-electron chi connectivity index (χ4n) is 4.91. The van der Waals surface area contributed by atoms with E-state index < -0.39 is 17.4 Å². The summed E-state index contributed by atoms with van der Waals surface area (Å²) in [6.45, 7) is 9.04. The van der Waals surface area contributed by atoms with Gasteiger partial charge in [0.1, 0.15) is 5.60 Å². The molecule has 2 N–H and O–H groups in total. The number of nitrogens with two attached hydrogens (primary N) is 1. The van der Waals surface area contributed by atoms with E-state index in [2.05, 4.69) is 0 Å². The van der Waals surface area contributed by atoms with Crippen molar-refractivity contribution in [1.29, 1.82) is 0 Å². The van der Waals surface area contributed by atoms with Crippen LogP contribution in [0.25, 0.3) is 0 Å². The normalized spacial score (nSPS) is 35.8. The van der Waals surface area contributed by atoms with Crippen molar-refractivity contribution in [3.63, 3.8) is 0 Å². The maximum absolute atomic E-state index is 13.3. The monoisotopic (exact) mass is 376 g/mol. The molecule has 0 unspecified atom stereocenters. The van der Waals surface area contributed by atoms with Crippen molar-refractivity contribution in [3.05, 3.63) is 12.2 Å². The molecule has 0 saturated carbocycles. The molecule has 148 valence electrons. The van der Waals surface area contributed by atoms with Gasteiger partial charge in [0.05, 0.1) is 31.0 Å². The van der Waals surface area contributed by atoms with Crippen LogP contribution in [0.1, 0.15) is 20.8 Å². The maximum Gasteiger partial charge on any atom is 0.231 e. The van der Waals surface area contributed by atoms with Crippen molar-refractivity contribution in [2.75, 3.05) is 39.3 Å². The van der Waals surface area contributed by atoms with Crippen LogP contribution in [-0.4, -0.2) is 88.9 Å². The fraction of sp³-hybridized carbons (Fsp3) is 0.737. The molecular weight excluding hydrogens is 348 g/mol. The summed E-state index contributed by atoms with van der Waals surface area (Å²) in [5.74, 6) is -1.26. The number of likely N-dealkylation sites (tertiary alicyclic amines) is 1. The Hall–Kier alpha value is -1.93. The molecule has 3 amide bonds. The van der Waals surface area contributed by atoms with Crippen molar-refractivity contribution in [1.82, 2.24) is 14.7 Å². The summed E-state index contributed by atoms with van der Waals surface area (Å²) < 4.78 is 6.19. The topological polar surface area (TPSA) is 96.2 Å². The van der Waals surface area contributed by atoms with Crippen molar-refractivity contribution < 1.29 is 19.1 Å². The Balaban J connectivity index is 1.50. The first kappa shape index (κ1) is 18.4. The Kier molecular flexibility index (Phi) is 4.12. The molecule has 2 bridgehead atoms. The van der Waals surface area contributed by atoms with Crippen LogP contribution >= 0.6 is 0 Å². The Morgan fingerprint density at radius 3 is 2.52 bits per heavy atom. The van der Waals surface area contributed by atoms with E-state index in [1.807, 2.05) is 42.7 Å². The summed E-state index contributed by atoms with van der Waals surface area (Å²) in [5, 5.41) is 0. The molecule has 8 nitrogen and oxygen atoms in total. The number of carbonyl (C=O) groups is 3. The molecule has 4 rings (SSSR count). The lowest BCUT2D eigenvalue weighted by Gasteiger charge is -2.37. The number of hydrogen-bond donors (Lipinski definition) is 1. The molecule has 4 heterocycles. The molecule has 4 atom stereocenters. The van der Waals surface area contributed by atoms with E-state index in [0.29, 0.717) is 32.7 Å². The van der Waals surface area contributed by atoms with Gasteiger partial charge in [-0.25, -0.2) is 0 Å². The molecule has 8 heteroatoms. The van der Waals surface area contributed by atoms with E-state index in [-0.39, 0.29) is 35.9 Å². The van der Waals surface area contributed by atoms with Crippen LogP contribution in [0.3, 0.4) is 0 Å². The van der Waals surface area contributed by atoms with E-state index in [1.165, 1.54) is 0 Å². The van der Waals surface area contributed by atoms with E-state index in [9.17, 15) is 14.4 Å². The summed E-state index contributed by atoms with van der Waals surface area (Å²) in [6.07, 6.45) is 3.61. The molecule has 1 spiro atoms. The van der Waals surface area contributed by atoms with Crippen LogP contribution in [-0.2, 0) is 19.1 Å². The molecule has 27 heavy (non-hydrogen) atoms. The molecule has 0 aromatic carbocycles. The first-order chi connectivity index (χ1) is 12.6. The van der Waals surface area contributed by atoms with Gasteiger partial charge in [0.2, 0.25) is 17.7 Å². The van der Waals surface area contributed by atoms with Crippen LogP contribution in [0.15, 0.2) is 12.2 Å². The Morgan fingerprint density at radius 1 is 1.26 bits per heavy atom. The second-order valence-corrected chi connectivity index (χ2v) is 9.06. The zero-order chi connectivity index (χ0) is 19.6. The molecular formula is C19H28N4O4. The molecule has 0 aromatic rings. The molecule has 0 aromatic heterocycles. The van der Waals surface area contributed by atoms with Crippen LogP contribution in [0, 0.1) is 11.8 Å². The molecule has 3 fully saturated rings. The van der Waals surface area contributed by atoms with E-state index >= 15 is 0 Å². The summed E-state index contributed by atoms with van der Waals surface area (Å²) in [6, 6.07) is 0. The van der Waals surface area contributed by atoms with Crippen LogP contribution in [0.4, 0.5) is 0 Å². The van der Waals surface area contributed by atoms with E-state index in [1.54, 1.807) is 4.90 Å². The minimum atomic E-state index is -0.664. The summed E-state index contributed by atoms with van der Waals surface area (Å²) >= 11 is 0. The number of rotatable bonds is 3. The van der Waals surface area contributed by atoms with Gasteiger partial charge in [-0.3, -0.25) is 19.3 Å². The largest absolute Gasteiger partial charge is 0.369 e. The smallest absolute Gasteiger partial charge is 0.231 e. The number of amides is 3. The molecule has 0 radical (unpaired) electrons. The SMILES string of the molecule is CC(C)(C)N1C[C@]23C=C[C@H](O2)[C@H](C(=O)N2CCN(CC(N)=O)CC2)[C@H]3C1=O. The maximum atomic E-state index is 13.3. The Morgan fingerprint density at radius 2 is 1.93 bits per heavy atom. The molecule has 3 saturated heterocycles. The van der Waals surface area contributed by atoms with Crippen molar-refractivity contribution >= 4 is 17.7 Å². The first-order valence-electron chi connectivity index (χ1n) is 9.60.